The number of amidine groups is 1. The maximum absolute atomic E-state index is 13.8. The predicted molar refractivity (Wildman–Crippen MR) is 160 cm³/mol. The SMILES string of the molecule is Cc1c(N2C(=O)/C(=C/c3ccc([N+](=O)[O-])cc3)S/C2=N\N=C\c2ccc([N+](=O)[O-])cc2)c(=O)n(-c2ccccc2)n1C. The smallest absolute Gasteiger partial charge is 0.283 e. The number of non-ortho nitro benzene ring substituents is 2. The second-order valence-electron chi connectivity index (χ2n) is 8.99. The average molecular weight is 584 g/mol. The number of hydrogen-bond donors (Lipinski definition) is 0. The van der Waals surface area contributed by atoms with E-state index in [9.17, 15) is 29.8 Å². The van der Waals surface area contributed by atoms with Gasteiger partial charge in [-0.3, -0.25) is 34.5 Å². The van der Waals surface area contributed by atoms with Gasteiger partial charge in [-0.1, -0.05) is 18.2 Å². The number of carbonyl (C=O) groups excluding carboxylic acids is 1. The molecule has 1 amide bonds. The van der Waals surface area contributed by atoms with Crippen LogP contribution in [0.3, 0.4) is 0 Å². The van der Waals surface area contributed by atoms with Crippen LogP contribution in [0.5, 0.6) is 0 Å². The summed E-state index contributed by atoms with van der Waals surface area (Å²) in [6.45, 7) is 1.71. The Morgan fingerprint density at radius 1 is 0.833 bits per heavy atom. The van der Waals surface area contributed by atoms with Crippen molar-refractivity contribution in [3.05, 3.63) is 131 Å². The molecule has 0 atom stereocenters. The molecule has 3 aromatic carbocycles. The molecule has 2 heterocycles. The maximum atomic E-state index is 13.8. The molecule has 0 spiro atoms. The number of nitro benzene ring substituents is 2. The lowest BCUT2D eigenvalue weighted by molar-refractivity contribution is -0.385. The molecule has 14 heteroatoms. The van der Waals surface area contributed by atoms with Gasteiger partial charge >= 0.3 is 0 Å². The van der Waals surface area contributed by atoms with Crippen molar-refractivity contribution in [2.24, 2.45) is 17.3 Å². The summed E-state index contributed by atoms with van der Waals surface area (Å²) in [6.07, 6.45) is 2.93. The maximum Gasteiger partial charge on any atom is 0.296 e. The summed E-state index contributed by atoms with van der Waals surface area (Å²) in [4.78, 5) is 49.9. The average Bonchev–Trinajstić information content (AvgIpc) is 3.39. The number of anilines is 1. The van der Waals surface area contributed by atoms with E-state index in [-0.39, 0.29) is 27.1 Å². The van der Waals surface area contributed by atoms with E-state index in [2.05, 4.69) is 10.2 Å². The van der Waals surface area contributed by atoms with Gasteiger partial charge in [-0.2, -0.15) is 5.10 Å². The molecule has 1 saturated heterocycles. The number of benzene rings is 3. The Kier molecular flexibility index (Phi) is 7.62. The van der Waals surface area contributed by atoms with E-state index in [1.54, 1.807) is 49.0 Å². The lowest BCUT2D eigenvalue weighted by Gasteiger charge is -2.12. The van der Waals surface area contributed by atoms with Crippen LogP contribution in [0.1, 0.15) is 16.8 Å². The molecule has 1 aliphatic heterocycles. The van der Waals surface area contributed by atoms with E-state index in [0.717, 1.165) is 11.8 Å². The zero-order valence-electron chi connectivity index (χ0n) is 22.1. The molecule has 210 valence electrons. The number of nitrogens with zero attached hydrogens (tertiary/aromatic N) is 7. The Morgan fingerprint density at radius 2 is 1.40 bits per heavy atom. The lowest BCUT2D eigenvalue weighted by Crippen LogP contribution is -2.33. The highest BCUT2D eigenvalue weighted by Crippen LogP contribution is 2.36. The molecule has 5 rings (SSSR count). The molecule has 0 N–H and O–H groups in total. The zero-order chi connectivity index (χ0) is 30.0. The van der Waals surface area contributed by atoms with Crippen molar-refractivity contribution in [3.8, 4) is 5.69 Å². The minimum atomic E-state index is -0.520. The van der Waals surface area contributed by atoms with Gasteiger partial charge in [0.1, 0.15) is 5.69 Å². The van der Waals surface area contributed by atoms with E-state index < -0.39 is 21.3 Å². The molecule has 4 aromatic rings. The second-order valence-corrected chi connectivity index (χ2v) is 9.99. The van der Waals surface area contributed by atoms with E-state index in [1.807, 2.05) is 6.07 Å². The van der Waals surface area contributed by atoms with Crippen molar-refractivity contribution in [1.82, 2.24) is 9.36 Å². The first-order chi connectivity index (χ1) is 20.2. The van der Waals surface area contributed by atoms with Gasteiger partial charge in [-0.25, -0.2) is 9.58 Å². The highest BCUT2D eigenvalue weighted by Gasteiger charge is 2.39. The summed E-state index contributed by atoms with van der Waals surface area (Å²) >= 11 is 0.990. The minimum Gasteiger partial charge on any atom is -0.283 e. The number of nitro groups is 2. The van der Waals surface area contributed by atoms with Crippen LogP contribution in [0.2, 0.25) is 0 Å². The normalized spacial score (nSPS) is 15.3. The van der Waals surface area contributed by atoms with Crippen molar-refractivity contribution in [1.29, 1.82) is 0 Å². The summed E-state index contributed by atoms with van der Waals surface area (Å²) in [7, 11) is 1.71. The van der Waals surface area contributed by atoms with Gasteiger partial charge < -0.3 is 0 Å². The number of aromatic nitrogens is 2. The summed E-state index contributed by atoms with van der Waals surface area (Å²) in [5, 5.41) is 30.4. The van der Waals surface area contributed by atoms with Gasteiger partial charge in [0.15, 0.2) is 0 Å². The summed E-state index contributed by atoms with van der Waals surface area (Å²) in [5.41, 5.74) is 1.67. The first-order valence-corrected chi connectivity index (χ1v) is 13.2. The third kappa shape index (κ3) is 5.38. The van der Waals surface area contributed by atoms with Gasteiger partial charge in [-0.05, 0) is 72.3 Å². The fourth-order valence-electron chi connectivity index (χ4n) is 4.22. The van der Waals surface area contributed by atoms with Gasteiger partial charge in [0.2, 0.25) is 5.17 Å². The van der Waals surface area contributed by atoms with E-state index >= 15 is 0 Å². The Labute approximate surface area is 242 Å². The lowest BCUT2D eigenvalue weighted by atomic mass is 10.2. The van der Waals surface area contributed by atoms with Crippen LogP contribution in [0, 0.1) is 27.2 Å². The number of para-hydroxylation sites is 1. The highest BCUT2D eigenvalue weighted by molar-refractivity contribution is 8.19. The predicted octanol–water partition coefficient (Wildman–Crippen LogP) is 4.81. The van der Waals surface area contributed by atoms with Gasteiger partial charge in [0, 0.05) is 31.3 Å². The summed E-state index contributed by atoms with van der Waals surface area (Å²) < 4.78 is 3.08. The Morgan fingerprint density at radius 3 is 1.98 bits per heavy atom. The van der Waals surface area contributed by atoms with E-state index in [4.69, 9.17) is 0 Å². The van der Waals surface area contributed by atoms with Crippen molar-refractivity contribution in [3.63, 3.8) is 0 Å². The number of thioether (sulfide) groups is 1. The highest BCUT2D eigenvalue weighted by atomic mass is 32.2. The number of amides is 1. The van der Waals surface area contributed by atoms with Gasteiger partial charge in [0.05, 0.1) is 32.3 Å². The van der Waals surface area contributed by atoms with E-state index in [0.29, 0.717) is 22.5 Å². The Balaban J connectivity index is 1.58. The third-order valence-corrected chi connectivity index (χ3v) is 7.37. The van der Waals surface area contributed by atoms with Crippen LogP contribution in [0.4, 0.5) is 17.1 Å². The molecule has 0 aliphatic carbocycles. The van der Waals surface area contributed by atoms with Crippen LogP contribution < -0.4 is 10.5 Å². The van der Waals surface area contributed by atoms with Crippen molar-refractivity contribution < 1.29 is 14.6 Å². The number of hydrogen-bond acceptors (Lipinski definition) is 9. The molecule has 0 bridgehead atoms. The van der Waals surface area contributed by atoms with Crippen LogP contribution in [-0.4, -0.2) is 36.5 Å². The molecule has 42 heavy (non-hydrogen) atoms. The van der Waals surface area contributed by atoms with Crippen LogP contribution in [0.15, 0.2) is 98.8 Å². The quantitative estimate of drug-likeness (QED) is 0.131. The number of carbonyl (C=O) groups is 1. The van der Waals surface area contributed by atoms with Crippen LogP contribution in [0.25, 0.3) is 11.8 Å². The van der Waals surface area contributed by atoms with Gasteiger partial charge in [-0.15, -0.1) is 5.10 Å². The molecule has 1 aromatic heterocycles. The molecule has 0 radical (unpaired) electrons. The largest absolute Gasteiger partial charge is 0.296 e. The molecule has 1 fully saturated rings. The van der Waals surface area contributed by atoms with Crippen molar-refractivity contribution >= 4 is 52.2 Å². The minimum absolute atomic E-state index is 0.0724. The Hall–Kier alpha value is -5.63. The molecule has 1 aliphatic rings. The summed E-state index contributed by atoms with van der Waals surface area (Å²) in [5.74, 6) is -0.520. The monoisotopic (exact) mass is 583 g/mol. The second kappa shape index (κ2) is 11.5. The van der Waals surface area contributed by atoms with Crippen LogP contribution in [-0.2, 0) is 11.8 Å². The molecular formula is C28H21N7O6S. The molecule has 0 unspecified atom stereocenters. The fraction of sp³-hybridized carbons (Fsp3) is 0.0714. The molecular weight excluding hydrogens is 562 g/mol. The zero-order valence-corrected chi connectivity index (χ0v) is 23.0. The Bertz CT molecular complexity index is 1860. The molecule has 0 saturated carbocycles. The standard InChI is InChI=1S/C28H21N7O6S/c1-18-25(27(37)33(31(18)2)21-6-4-3-5-7-21)32-26(36)24(16-19-8-12-22(13-9-19)34(38)39)42-28(32)30-29-17-20-10-14-23(15-11-20)35(40)41/h3-17H,1-2H3/b24-16-,29-17+,30-28-. The van der Waals surface area contributed by atoms with Crippen molar-refractivity contribution in [2.75, 3.05) is 4.90 Å². The van der Waals surface area contributed by atoms with Crippen LogP contribution >= 0.6 is 11.8 Å². The van der Waals surface area contributed by atoms with Gasteiger partial charge in [0.25, 0.3) is 22.8 Å². The topological polar surface area (TPSA) is 158 Å². The molecule has 13 nitrogen and oxygen atoms in total. The summed E-state index contributed by atoms with van der Waals surface area (Å²) in [6, 6.07) is 20.3. The first-order valence-electron chi connectivity index (χ1n) is 12.3. The number of rotatable bonds is 7. The van der Waals surface area contributed by atoms with E-state index in [1.165, 1.54) is 64.3 Å². The van der Waals surface area contributed by atoms with Crippen molar-refractivity contribution in [2.45, 2.75) is 6.92 Å². The fourth-order valence-corrected chi connectivity index (χ4v) is 5.14. The third-order valence-electron chi connectivity index (χ3n) is 6.41. The first kappa shape index (κ1) is 27.9.